The molecular weight excluding hydrogens is 268 g/mol. The van der Waals surface area contributed by atoms with Crippen molar-refractivity contribution in [3.05, 3.63) is 45.9 Å². The standard InChI is InChI=1S/C17H20O4/c1-9-7-14(19-5)15(20-6)8-13(9)17(18)16-10(2)11(3)21-12(16)4/h7-8H,1-6H3. The average Bonchev–Trinajstić information content (AvgIpc) is 2.71. The van der Waals surface area contributed by atoms with E-state index >= 15 is 0 Å². The Kier molecular flexibility index (Phi) is 4.07. The van der Waals surface area contributed by atoms with Gasteiger partial charge in [-0.05, 0) is 45.4 Å². The van der Waals surface area contributed by atoms with E-state index in [-0.39, 0.29) is 5.78 Å². The Hall–Kier alpha value is -2.23. The molecule has 0 aliphatic heterocycles. The SMILES string of the molecule is COc1cc(C)c(C(=O)c2c(C)oc(C)c2C)cc1OC. The van der Waals surface area contributed by atoms with E-state index in [2.05, 4.69) is 0 Å². The fourth-order valence-corrected chi connectivity index (χ4v) is 2.49. The molecule has 21 heavy (non-hydrogen) atoms. The summed E-state index contributed by atoms with van der Waals surface area (Å²) >= 11 is 0. The lowest BCUT2D eigenvalue weighted by Gasteiger charge is -2.12. The van der Waals surface area contributed by atoms with Crippen LogP contribution in [0.5, 0.6) is 11.5 Å². The molecule has 0 fully saturated rings. The summed E-state index contributed by atoms with van der Waals surface area (Å²) in [5.74, 6) is 2.52. The van der Waals surface area contributed by atoms with Gasteiger partial charge < -0.3 is 13.9 Å². The first kappa shape index (κ1) is 15.2. The average molecular weight is 288 g/mol. The minimum absolute atomic E-state index is 0.0553. The molecule has 0 aliphatic rings. The van der Waals surface area contributed by atoms with Crippen molar-refractivity contribution in [1.82, 2.24) is 0 Å². The molecule has 112 valence electrons. The van der Waals surface area contributed by atoms with Crippen LogP contribution in [0, 0.1) is 27.7 Å². The number of carbonyl (C=O) groups is 1. The lowest BCUT2D eigenvalue weighted by molar-refractivity contribution is 0.103. The maximum atomic E-state index is 12.8. The van der Waals surface area contributed by atoms with Gasteiger partial charge in [0, 0.05) is 11.1 Å². The van der Waals surface area contributed by atoms with Gasteiger partial charge in [-0.15, -0.1) is 0 Å². The second-order valence-corrected chi connectivity index (χ2v) is 5.07. The number of methoxy groups -OCH3 is 2. The maximum absolute atomic E-state index is 12.8. The third-order valence-electron chi connectivity index (χ3n) is 3.76. The first-order valence-electron chi connectivity index (χ1n) is 6.74. The summed E-state index contributed by atoms with van der Waals surface area (Å²) in [6, 6.07) is 3.53. The zero-order chi connectivity index (χ0) is 15.7. The molecule has 0 saturated carbocycles. The van der Waals surface area contributed by atoms with Gasteiger partial charge in [-0.3, -0.25) is 4.79 Å². The highest BCUT2D eigenvalue weighted by atomic mass is 16.5. The van der Waals surface area contributed by atoms with Crippen molar-refractivity contribution < 1.29 is 18.7 Å². The molecule has 1 aromatic carbocycles. The van der Waals surface area contributed by atoms with Crippen molar-refractivity contribution in [2.24, 2.45) is 0 Å². The minimum atomic E-state index is -0.0553. The Morgan fingerprint density at radius 1 is 0.952 bits per heavy atom. The molecule has 0 aliphatic carbocycles. The van der Waals surface area contributed by atoms with Gasteiger partial charge in [0.1, 0.15) is 11.5 Å². The van der Waals surface area contributed by atoms with Crippen molar-refractivity contribution in [3.63, 3.8) is 0 Å². The predicted molar refractivity (Wildman–Crippen MR) is 80.6 cm³/mol. The highest BCUT2D eigenvalue weighted by molar-refractivity contribution is 6.11. The summed E-state index contributed by atoms with van der Waals surface area (Å²) in [5, 5.41) is 0. The fourth-order valence-electron chi connectivity index (χ4n) is 2.49. The normalized spacial score (nSPS) is 10.6. The van der Waals surface area contributed by atoms with Crippen molar-refractivity contribution in [1.29, 1.82) is 0 Å². The van der Waals surface area contributed by atoms with Crippen LogP contribution >= 0.6 is 0 Å². The van der Waals surface area contributed by atoms with Crippen LogP contribution in [0.25, 0.3) is 0 Å². The van der Waals surface area contributed by atoms with Gasteiger partial charge in [0.15, 0.2) is 17.3 Å². The molecule has 0 unspecified atom stereocenters. The van der Waals surface area contributed by atoms with Crippen LogP contribution in [0.15, 0.2) is 16.5 Å². The van der Waals surface area contributed by atoms with Gasteiger partial charge in [0.05, 0.1) is 19.8 Å². The van der Waals surface area contributed by atoms with Gasteiger partial charge in [-0.2, -0.15) is 0 Å². The summed E-state index contributed by atoms with van der Waals surface area (Å²) in [6.07, 6.45) is 0. The van der Waals surface area contributed by atoms with Crippen molar-refractivity contribution in [2.75, 3.05) is 14.2 Å². The van der Waals surface area contributed by atoms with E-state index < -0.39 is 0 Å². The van der Waals surface area contributed by atoms with Gasteiger partial charge in [0.25, 0.3) is 0 Å². The number of hydrogen-bond donors (Lipinski definition) is 0. The highest BCUT2D eigenvalue weighted by Gasteiger charge is 2.22. The molecule has 1 aromatic heterocycles. The Balaban J connectivity index is 2.58. The number of ether oxygens (including phenoxy) is 2. The summed E-state index contributed by atoms with van der Waals surface area (Å²) in [6.45, 7) is 7.45. The van der Waals surface area contributed by atoms with Gasteiger partial charge >= 0.3 is 0 Å². The minimum Gasteiger partial charge on any atom is -0.493 e. The summed E-state index contributed by atoms with van der Waals surface area (Å²) in [7, 11) is 3.13. The first-order valence-corrected chi connectivity index (χ1v) is 6.74. The Morgan fingerprint density at radius 3 is 2.00 bits per heavy atom. The second kappa shape index (κ2) is 5.64. The summed E-state index contributed by atoms with van der Waals surface area (Å²) in [5.41, 5.74) is 2.95. The van der Waals surface area contributed by atoms with E-state index in [1.807, 2.05) is 33.8 Å². The number of carbonyl (C=O) groups excluding carboxylic acids is 1. The first-order chi connectivity index (χ1) is 9.90. The number of aryl methyl sites for hydroxylation is 3. The lowest BCUT2D eigenvalue weighted by Crippen LogP contribution is -2.07. The molecule has 0 saturated heterocycles. The Labute approximate surface area is 124 Å². The third-order valence-corrected chi connectivity index (χ3v) is 3.76. The molecule has 1 heterocycles. The highest BCUT2D eigenvalue weighted by Crippen LogP contribution is 2.32. The van der Waals surface area contributed by atoms with Gasteiger partial charge in [-0.25, -0.2) is 0 Å². The van der Waals surface area contributed by atoms with E-state index in [9.17, 15) is 4.79 Å². The van der Waals surface area contributed by atoms with Crippen molar-refractivity contribution in [2.45, 2.75) is 27.7 Å². The summed E-state index contributed by atoms with van der Waals surface area (Å²) in [4.78, 5) is 12.8. The number of hydrogen-bond acceptors (Lipinski definition) is 4. The molecule has 2 aromatic rings. The molecule has 0 spiro atoms. The van der Waals surface area contributed by atoms with E-state index in [1.165, 1.54) is 0 Å². The van der Waals surface area contributed by atoms with E-state index in [4.69, 9.17) is 13.9 Å². The molecule has 0 radical (unpaired) electrons. The van der Waals surface area contributed by atoms with Gasteiger partial charge in [0.2, 0.25) is 0 Å². The number of ketones is 1. The Bertz CT molecular complexity index is 695. The fraction of sp³-hybridized carbons (Fsp3) is 0.353. The predicted octanol–water partition coefficient (Wildman–Crippen LogP) is 3.76. The van der Waals surface area contributed by atoms with Crippen LogP contribution in [0.4, 0.5) is 0 Å². The number of furan rings is 1. The molecule has 4 heteroatoms. The number of rotatable bonds is 4. The topological polar surface area (TPSA) is 48.7 Å². The third kappa shape index (κ3) is 2.53. The van der Waals surface area contributed by atoms with Crippen LogP contribution in [-0.2, 0) is 0 Å². The van der Waals surface area contributed by atoms with E-state index in [0.717, 1.165) is 16.9 Å². The molecule has 2 rings (SSSR count). The van der Waals surface area contributed by atoms with Crippen LogP contribution in [-0.4, -0.2) is 20.0 Å². The van der Waals surface area contributed by atoms with Crippen molar-refractivity contribution >= 4 is 5.78 Å². The van der Waals surface area contributed by atoms with E-state index in [1.54, 1.807) is 20.3 Å². The van der Waals surface area contributed by atoms with Gasteiger partial charge in [-0.1, -0.05) is 0 Å². The second-order valence-electron chi connectivity index (χ2n) is 5.07. The molecular formula is C17H20O4. The monoisotopic (exact) mass is 288 g/mol. The van der Waals surface area contributed by atoms with Crippen LogP contribution in [0.2, 0.25) is 0 Å². The molecule has 0 atom stereocenters. The molecule has 4 nitrogen and oxygen atoms in total. The summed E-state index contributed by atoms with van der Waals surface area (Å²) < 4.78 is 16.1. The largest absolute Gasteiger partial charge is 0.493 e. The lowest BCUT2D eigenvalue weighted by atomic mass is 9.96. The van der Waals surface area contributed by atoms with Crippen molar-refractivity contribution in [3.8, 4) is 11.5 Å². The van der Waals surface area contributed by atoms with Crippen LogP contribution in [0.3, 0.4) is 0 Å². The van der Waals surface area contributed by atoms with Crippen LogP contribution in [0.1, 0.15) is 38.6 Å². The number of benzene rings is 1. The quantitative estimate of drug-likeness (QED) is 0.804. The molecule has 0 amide bonds. The molecule has 0 N–H and O–H groups in total. The van der Waals surface area contributed by atoms with Crippen LogP contribution < -0.4 is 9.47 Å². The zero-order valence-electron chi connectivity index (χ0n) is 13.3. The maximum Gasteiger partial charge on any atom is 0.197 e. The smallest absolute Gasteiger partial charge is 0.197 e. The molecule has 0 bridgehead atoms. The zero-order valence-corrected chi connectivity index (χ0v) is 13.3. The van der Waals surface area contributed by atoms with E-state index in [0.29, 0.717) is 28.4 Å². The Morgan fingerprint density at radius 2 is 1.52 bits per heavy atom.